The fourth-order valence-electron chi connectivity index (χ4n) is 4.84. The molecule has 2 aromatic rings. The van der Waals surface area contributed by atoms with Gasteiger partial charge < -0.3 is 19.4 Å². The van der Waals surface area contributed by atoms with Crippen LogP contribution in [0.2, 0.25) is 0 Å². The summed E-state index contributed by atoms with van der Waals surface area (Å²) in [6.45, 7) is -0.471. The Bertz CT molecular complexity index is 1120. The number of anilines is 2. The van der Waals surface area contributed by atoms with Gasteiger partial charge in [0, 0.05) is 43.8 Å². The predicted molar refractivity (Wildman–Crippen MR) is 112 cm³/mol. The number of aromatic nitrogens is 1. The van der Waals surface area contributed by atoms with Crippen molar-refractivity contribution in [2.24, 2.45) is 11.8 Å². The number of carbonyl (C=O) groups is 1. The molecule has 3 fully saturated rings. The number of alkyl halides is 5. The van der Waals surface area contributed by atoms with E-state index in [1.54, 1.807) is 0 Å². The van der Waals surface area contributed by atoms with Crippen molar-refractivity contribution < 1.29 is 44.7 Å². The molecule has 0 radical (unpaired) electrons. The number of fused-ring (bicyclic) bond motifs is 1. The third-order valence-corrected chi connectivity index (χ3v) is 6.77. The molecule has 6 nitrogen and oxygen atoms in total. The Morgan fingerprint density at radius 3 is 2.31 bits per heavy atom. The summed E-state index contributed by atoms with van der Waals surface area (Å²) < 4.78 is 106. The van der Waals surface area contributed by atoms with Crippen molar-refractivity contribution >= 4 is 17.6 Å². The highest BCUT2D eigenvalue weighted by Gasteiger charge is 2.47. The lowest BCUT2D eigenvalue weighted by atomic mass is 10.1. The van der Waals surface area contributed by atoms with Crippen LogP contribution in [0.1, 0.15) is 48.4 Å². The first-order chi connectivity index (χ1) is 16.9. The average Bonchev–Trinajstić information content (AvgIpc) is 3.17. The van der Waals surface area contributed by atoms with Crippen LogP contribution in [0.5, 0.6) is 5.75 Å². The van der Waals surface area contributed by atoms with E-state index in [1.165, 1.54) is 4.90 Å². The van der Waals surface area contributed by atoms with Gasteiger partial charge >= 0.3 is 6.18 Å². The van der Waals surface area contributed by atoms with E-state index in [1.807, 2.05) is 0 Å². The van der Waals surface area contributed by atoms with Crippen LogP contribution in [0.15, 0.2) is 16.5 Å². The maximum absolute atomic E-state index is 14.6. The predicted octanol–water partition coefficient (Wildman–Crippen LogP) is 5.72. The van der Waals surface area contributed by atoms with Crippen molar-refractivity contribution in [1.82, 2.24) is 4.98 Å². The number of ether oxygens (including phenoxy) is 1. The molecule has 5 rings (SSSR count). The number of benzene rings is 1. The van der Waals surface area contributed by atoms with Gasteiger partial charge in [0.15, 0.2) is 23.1 Å². The number of rotatable bonds is 6. The molecule has 2 saturated carbocycles. The minimum Gasteiger partial charge on any atom is -0.484 e. The smallest absolute Gasteiger partial charge is 0.396 e. The topological polar surface area (TPSA) is 67.6 Å². The van der Waals surface area contributed by atoms with Gasteiger partial charge in [-0.2, -0.15) is 18.2 Å². The molecule has 1 aliphatic heterocycles. The van der Waals surface area contributed by atoms with Crippen LogP contribution in [0.25, 0.3) is 0 Å². The van der Waals surface area contributed by atoms with Crippen molar-refractivity contribution in [2.45, 2.75) is 56.7 Å². The lowest BCUT2D eigenvalue weighted by Gasteiger charge is -2.30. The van der Waals surface area contributed by atoms with Gasteiger partial charge in [-0.1, -0.05) is 0 Å². The number of nitrogens with one attached hydrogen (secondary N) is 1. The van der Waals surface area contributed by atoms with Gasteiger partial charge in [0.05, 0.1) is 6.10 Å². The highest BCUT2D eigenvalue weighted by Crippen LogP contribution is 2.52. The number of oxazole rings is 1. The highest BCUT2D eigenvalue weighted by molar-refractivity contribution is 6.03. The zero-order chi connectivity index (χ0) is 25.8. The number of amides is 1. The molecular weight excluding hydrogens is 499 g/mol. The number of hydrogen-bond acceptors (Lipinski definition) is 5. The zero-order valence-electron chi connectivity index (χ0n) is 18.8. The lowest BCUT2D eigenvalue weighted by Crippen LogP contribution is -2.39. The van der Waals surface area contributed by atoms with E-state index in [0.717, 1.165) is 18.6 Å². The van der Waals surface area contributed by atoms with Gasteiger partial charge in [0.2, 0.25) is 0 Å². The van der Waals surface area contributed by atoms with Crippen LogP contribution in [0.4, 0.5) is 42.4 Å². The fourth-order valence-corrected chi connectivity index (χ4v) is 4.84. The molecule has 1 aromatic carbocycles. The number of nitrogens with zero attached hydrogens (tertiary/aromatic N) is 2. The minimum atomic E-state index is -4.77. The number of hydrogen-bond donors (Lipinski definition) is 1. The van der Waals surface area contributed by atoms with Crippen LogP contribution in [-0.4, -0.2) is 42.2 Å². The Morgan fingerprint density at radius 2 is 1.72 bits per heavy atom. The summed E-state index contributed by atoms with van der Waals surface area (Å²) in [5.74, 6) is -6.63. The summed E-state index contributed by atoms with van der Waals surface area (Å²) in [5.41, 5.74) is -1.12. The van der Waals surface area contributed by atoms with Crippen LogP contribution >= 0.6 is 0 Å². The molecule has 1 amide bonds. The van der Waals surface area contributed by atoms with Gasteiger partial charge in [-0.3, -0.25) is 4.79 Å². The fraction of sp³-hybridized carbons (Fsp3) is 0.565. The normalized spacial score (nSPS) is 25.0. The van der Waals surface area contributed by atoms with Gasteiger partial charge in [-0.15, -0.1) is 0 Å². The minimum absolute atomic E-state index is 0.236. The second-order valence-electron chi connectivity index (χ2n) is 9.59. The largest absolute Gasteiger partial charge is 0.484 e. The Balaban J connectivity index is 1.33. The first kappa shape index (κ1) is 24.7. The Morgan fingerprint density at radius 1 is 1.11 bits per heavy atom. The van der Waals surface area contributed by atoms with Crippen molar-refractivity contribution in [3.63, 3.8) is 0 Å². The third-order valence-electron chi connectivity index (χ3n) is 6.77. The summed E-state index contributed by atoms with van der Waals surface area (Å²) in [7, 11) is 0. The molecule has 0 bridgehead atoms. The van der Waals surface area contributed by atoms with Crippen LogP contribution in [-0.2, 0) is 6.42 Å². The zero-order valence-corrected chi connectivity index (χ0v) is 18.8. The average molecular weight is 521 g/mol. The summed E-state index contributed by atoms with van der Waals surface area (Å²) in [5, 5.41) is 2.13. The first-order valence-corrected chi connectivity index (χ1v) is 11.5. The molecular formula is C23H22F7N3O3. The quantitative estimate of drug-likeness (QED) is 0.493. The van der Waals surface area contributed by atoms with E-state index in [0.29, 0.717) is 24.7 Å². The van der Waals surface area contributed by atoms with Crippen molar-refractivity contribution in [2.75, 3.05) is 23.3 Å². The molecule has 2 atom stereocenters. The molecule has 1 aromatic heterocycles. The summed E-state index contributed by atoms with van der Waals surface area (Å²) in [4.78, 5) is 17.7. The Kier molecular flexibility index (Phi) is 6.06. The molecule has 196 valence electrons. The van der Waals surface area contributed by atoms with Crippen LogP contribution in [0, 0.1) is 23.5 Å². The molecule has 3 aliphatic rings. The van der Waals surface area contributed by atoms with Crippen molar-refractivity contribution in [1.29, 1.82) is 0 Å². The van der Waals surface area contributed by atoms with E-state index < -0.39 is 72.1 Å². The van der Waals surface area contributed by atoms with Gasteiger partial charge in [-0.05, 0) is 31.1 Å². The third kappa shape index (κ3) is 5.39. The van der Waals surface area contributed by atoms with E-state index in [2.05, 4.69) is 10.3 Å². The highest BCUT2D eigenvalue weighted by atomic mass is 19.4. The van der Waals surface area contributed by atoms with E-state index >= 15 is 0 Å². The Hall–Kier alpha value is -2.99. The Labute approximate surface area is 200 Å². The summed E-state index contributed by atoms with van der Waals surface area (Å²) >= 11 is 0. The van der Waals surface area contributed by atoms with Gasteiger partial charge in [-0.25, -0.2) is 17.6 Å². The van der Waals surface area contributed by atoms with Gasteiger partial charge in [0.25, 0.3) is 17.8 Å². The molecule has 36 heavy (non-hydrogen) atoms. The summed E-state index contributed by atoms with van der Waals surface area (Å²) in [6.07, 6.45) is -5.29. The van der Waals surface area contributed by atoms with Crippen molar-refractivity contribution in [3.05, 3.63) is 35.2 Å². The number of carbonyl (C=O) groups excluding carboxylic acids is 1. The first-order valence-electron chi connectivity index (χ1n) is 11.5. The lowest BCUT2D eigenvalue weighted by molar-refractivity contribution is -0.130. The second-order valence-corrected chi connectivity index (χ2v) is 9.59. The molecule has 1 N–H and O–H groups in total. The molecule has 2 unspecified atom stereocenters. The van der Waals surface area contributed by atoms with Crippen LogP contribution in [0.3, 0.4) is 0 Å². The summed E-state index contributed by atoms with van der Waals surface area (Å²) in [6, 6.07) is 1.18. The second kappa shape index (κ2) is 8.84. The molecule has 0 spiro atoms. The molecule has 1 saturated heterocycles. The van der Waals surface area contributed by atoms with E-state index in [4.69, 9.17) is 9.15 Å². The molecule has 2 heterocycles. The monoisotopic (exact) mass is 521 g/mol. The van der Waals surface area contributed by atoms with E-state index in [-0.39, 0.29) is 24.9 Å². The number of halogens is 7. The van der Waals surface area contributed by atoms with Crippen LogP contribution < -0.4 is 15.0 Å². The maximum Gasteiger partial charge on any atom is 0.396 e. The van der Waals surface area contributed by atoms with E-state index in [9.17, 15) is 35.5 Å². The maximum atomic E-state index is 14.6. The van der Waals surface area contributed by atoms with Gasteiger partial charge in [0.1, 0.15) is 12.2 Å². The SMILES string of the molecule is O=C(Nc1cc(F)c(OC2CC3CC3C2)c(F)c1)c1nc(N2CCC(F)(F)CC2)oc1CC(F)(F)F. The number of piperidine rings is 1. The molecule has 13 heteroatoms. The van der Waals surface area contributed by atoms with Crippen molar-refractivity contribution in [3.8, 4) is 5.75 Å². The molecule has 2 aliphatic carbocycles. The standard InChI is InChI=1S/C23H22F7N3O3/c24-15-8-13(9-16(25)19(15)35-14-6-11-5-12(11)7-14)31-20(34)18-17(10-23(28,29)30)36-21(32-18)33-3-1-22(26,27)2-4-33/h8-9,11-12,14H,1-7,10H2,(H,31,34).